The lowest BCUT2D eigenvalue weighted by molar-refractivity contribution is -0.133. The van der Waals surface area contributed by atoms with Crippen LogP contribution in [0.25, 0.3) is 0 Å². The van der Waals surface area contributed by atoms with Gasteiger partial charge in [0.15, 0.2) is 5.78 Å². The average molecular weight is 377 g/mol. The summed E-state index contributed by atoms with van der Waals surface area (Å²) in [5.74, 6) is -0.793. The highest BCUT2D eigenvalue weighted by Crippen LogP contribution is 2.30. The number of carbonyl (C=O) groups excluding carboxylic acids is 4. The van der Waals surface area contributed by atoms with E-state index in [0.29, 0.717) is 36.3 Å². The highest BCUT2D eigenvalue weighted by atomic mass is 16.2. The molecule has 142 valence electrons. The second kappa shape index (κ2) is 6.99. The second-order valence-corrected chi connectivity index (χ2v) is 7.16. The van der Waals surface area contributed by atoms with Gasteiger partial charge in [0.2, 0.25) is 0 Å². The van der Waals surface area contributed by atoms with Crippen molar-refractivity contribution >= 4 is 29.1 Å². The molecule has 1 aromatic carbocycles. The number of aromatic nitrogens is 1. The molecular formula is C21H19N3O4. The third kappa shape index (κ3) is 3.19. The van der Waals surface area contributed by atoms with Crippen LogP contribution in [0, 0.1) is 6.92 Å². The van der Waals surface area contributed by atoms with E-state index in [4.69, 9.17) is 0 Å². The van der Waals surface area contributed by atoms with Gasteiger partial charge in [-0.25, -0.2) is 0 Å². The molecule has 1 fully saturated rings. The van der Waals surface area contributed by atoms with Gasteiger partial charge in [0, 0.05) is 30.4 Å². The molecule has 1 saturated carbocycles. The van der Waals surface area contributed by atoms with Crippen LogP contribution in [-0.2, 0) is 16.1 Å². The van der Waals surface area contributed by atoms with Crippen molar-refractivity contribution in [3.05, 3.63) is 58.9 Å². The summed E-state index contributed by atoms with van der Waals surface area (Å²) in [5, 5.41) is 2.81. The Kier molecular flexibility index (Phi) is 4.50. The third-order valence-electron chi connectivity index (χ3n) is 5.24. The van der Waals surface area contributed by atoms with Gasteiger partial charge in [0.05, 0.1) is 12.5 Å². The van der Waals surface area contributed by atoms with Crippen molar-refractivity contribution in [1.29, 1.82) is 0 Å². The fraction of sp³-hybridized carbons (Fsp3) is 0.286. The molecule has 1 aliphatic heterocycles. The number of Topliss-reactive ketones (excluding diaryl/α,β-unsaturated/α-hetero) is 2. The number of aryl methyl sites for hydroxylation is 1. The van der Waals surface area contributed by atoms with Crippen molar-refractivity contribution in [1.82, 2.24) is 9.88 Å². The van der Waals surface area contributed by atoms with Crippen LogP contribution in [-0.4, -0.2) is 39.3 Å². The fourth-order valence-corrected chi connectivity index (χ4v) is 3.78. The SMILES string of the molecule is Cc1cccnc1C(=O)Nc1ccc2c(c1)CN(C1CCC(=O)CC1=O)C2=O. The molecule has 7 nitrogen and oxygen atoms in total. The highest BCUT2D eigenvalue weighted by molar-refractivity contribution is 6.08. The van der Waals surface area contributed by atoms with E-state index in [-0.39, 0.29) is 29.8 Å². The summed E-state index contributed by atoms with van der Waals surface area (Å²) in [6.07, 6.45) is 2.16. The van der Waals surface area contributed by atoms with Crippen LogP contribution < -0.4 is 5.32 Å². The smallest absolute Gasteiger partial charge is 0.274 e. The predicted octanol–water partition coefficient (Wildman–Crippen LogP) is 2.29. The van der Waals surface area contributed by atoms with Gasteiger partial charge in [-0.2, -0.15) is 0 Å². The molecule has 1 unspecified atom stereocenters. The first-order chi connectivity index (χ1) is 13.4. The van der Waals surface area contributed by atoms with E-state index in [9.17, 15) is 19.2 Å². The number of hydrogen-bond acceptors (Lipinski definition) is 5. The molecule has 0 saturated heterocycles. The first-order valence-electron chi connectivity index (χ1n) is 9.15. The average Bonchev–Trinajstić information content (AvgIpc) is 2.98. The molecule has 2 aliphatic rings. The van der Waals surface area contributed by atoms with E-state index >= 15 is 0 Å². The summed E-state index contributed by atoms with van der Waals surface area (Å²) in [6.45, 7) is 2.11. The minimum atomic E-state index is -0.549. The van der Waals surface area contributed by atoms with Crippen LogP contribution >= 0.6 is 0 Å². The fourth-order valence-electron chi connectivity index (χ4n) is 3.78. The number of ketones is 2. The molecule has 4 rings (SSSR count). The Morgan fingerprint density at radius 3 is 2.79 bits per heavy atom. The number of benzene rings is 1. The number of amides is 2. The summed E-state index contributed by atoms with van der Waals surface area (Å²) < 4.78 is 0. The summed E-state index contributed by atoms with van der Waals surface area (Å²) >= 11 is 0. The van der Waals surface area contributed by atoms with Crippen molar-refractivity contribution in [2.45, 2.75) is 38.8 Å². The van der Waals surface area contributed by atoms with Gasteiger partial charge in [-0.15, -0.1) is 0 Å². The molecule has 0 bridgehead atoms. The zero-order valence-corrected chi connectivity index (χ0v) is 15.4. The van der Waals surface area contributed by atoms with Gasteiger partial charge < -0.3 is 10.2 Å². The summed E-state index contributed by atoms with van der Waals surface area (Å²) in [7, 11) is 0. The minimum Gasteiger partial charge on any atom is -0.324 e. The first-order valence-corrected chi connectivity index (χ1v) is 9.15. The molecule has 0 spiro atoms. The topological polar surface area (TPSA) is 96.4 Å². The molecule has 2 aromatic rings. The molecule has 1 aliphatic carbocycles. The van der Waals surface area contributed by atoms with Gasteiger partial charge in [-0.3, -0.25) is 24.2 Å². The molecule has 2 heterocycles. The van der Waals surface area contributed by atoms with Crippen LogP contribution in [0.3, 0.4) is 0 Å². The molecule has 0 radical (unpaired) electrons. The molecule has 1 aromatic heterocycles. The van der Waals surface area contributed by atoms with Crippen LogP contribution in [0.5, 0.6) is 0 Å². The van der Waals surface area contributed by atoms with Crippen molar-refractivity contribution < 1.29 is 19.2 Å². The number of hydrogen-bond donors (Lipinski definition) is 1. The quantitative estimate of drug-likeness (QED) is 0.828. The summed E-state index contributed by atoms with van der Waals surface area (Å²) in [4.78, 5) is 54.5. The third-order valence-corrected chi connectivity index (χ3v) is 5.24. The largest absolute Gasteiger partial charge is 0.324 e. The Bertz CT molecular complexity index is 1010. The van der Waals surface area contributed by atoms with Gasteiger partial charge >= 0.3 is 0 Å². The Morgan fingerprint density at radius 2 is 2.04 bits per heavy atom. The number of carbonyl (C=O) groups is 4. The molecular weight excluding hydrogens is 358 g/mol. The van der Waals surface area contributed by atoms with Gasteiger partial charge in [0.1, 0.15) is 11.5 Å². The van der Waals surface area contributed by atoms with Crippen LogP contribution in [0.2, 0.25) is 0 Å². The summed E-state index contributed by atoms with van der Waals surface area (Å²) in [5.41, 5.74) is 2.96. The summed E-state index contributed by atoms with van der Waals surface area (Å²) in [6, 6.07) is 8.11. The van der Waals surface area contributed by atoms with Crippen LogP contribution in [0.1, 0.15) is 51.2 Å². The van der Waals surface area contributed by atoms with Gasteiger partial charge in [-0.05, 0) is 48.7 Å². The predicted molar refractivity (Wildman–Crippen MR) is 101 cm³/mol. The molecule has 1 atom stereocenters. The van der Waals surface area contributed by atoms with Crippen LogP contribution in [0.4, 0.5) is 5.69 Å². The van der Waals surface area contributed by atoms with Crippen molar-refractivity contribution in [3.8, 4) is 0 Å². The lowest BCUT2D eigenvalue weighted by Crippen LogP contribution is -2.44. The number of anilines is 1. The second-order valence-electron chi connectivity index (χ2n) is 7.16. The highest BCUT2D eigenvalue weighted by Gasteiger charge is 2.38. The number of rotatable bonds is 3. The van der Waals surface area contributed by atoms with Crippen molar-refractivity contribution in [3.63, 3.8) is 0 Å². The molecule has 7 heteroatoms. The molecule has 28 heavy (non-hydrogen) atoms. The van der Waals surface area contributed by atoms with Crippen molar-refractivity contribution in [2.75, 3.05) is 5.32 Å². The van der Waals surface area contributed by atoms with E-state index in [2.05, 4.69) is 10.3 Å². The monoisotopic (exact) mass is 377 g/mol. The van der Waals surface area contributed by atoms with Crippen molar-refractivity contribution in [2.24, 2.45) is 0 Å². The first kappa shape index (κ1) is 18.0. The lowest BCUT2D eigenvalue weighted by Gasteiger charge is -2.29. The number of fused-ring (bicyclic) bond motifs is 1. The number of nitrogens with zero attached hydrogens (tertiary/aromatic N) is 2. The van der Waals surface area contributed by atoms with Gasteiger partial charge in [-0.1, -0.05) is 6.07 Å². The minimum absolute atomic E-state index is 0.0692. The van der Waals surface area contributed by atoms with Crippen LogP contribution in [0.15, 0.2) is 36.5 Å². The maximum Gasteiger partial charge on any atom is 0.274 e. The number of pyridine rings is 1. The maximum absolute atomic E-state index is 12.7. The lowest BCUT2D eigenvalue weighted by atomic mass is 9.92. The van der Waals surface area contributed by atoms with E-state index in [1.165, 1.54) is 4.90 Å². The normalized spacial score (nSPS) is 19.0. The van der Waals surface area contributed by atoms with E-state index < -0.39 is 6.04 Å². The maximum atomic E-state index is 12.7. The molecule has 1 N–H and O–H groups in total. The Hall–Kier alpha value is -3.35. The Balaban J connectivity index is 1.53. The van der Waals surface area contributed by atoms with E-state index in [0.717, 1.165) is 11.1 Å². The van der Waals surface area contributed by atoms with E-state index in [1.54, 1.807) is 30.5 Å². The zero-order valence-electron chi connectivity index (χ0n) is 15.4. The van der Waals surface area contributed by atoms with E-state index in [1.807, 2.05) is 13.0 Å². The van der Waals surface area contributed by atoms with Gasteiger partial charge in [0.25, 0.3) is 11.8 Å². The zero-order chi connectivity index (χ0) is 19.8. The number of nitrogens with one attached hydrogen (secondary N) is 1. The Morgan fingerprint density at radius 1 is 1.21 bits per heavy atom. The molecule has 2 amide bonds. The standard InChI is InChI=1S/C21H19N3O4/c1-12-3-2-8-22-19(12)20(27)23-14-4-6-16-13(9-14)11-24(21(16)28)17-7-5-15(25)10-18(17)26/h2-4,6,8-9,17H,5,7,10-11H2,1H3,(H,23,27). The Labute approximate surface area is 161 Å².